The number of nitrogens with zero attached hydrogens (tertiary/aromatic N) is 2. The first-order valence-electron chi connectivity index (χ1n) is 6.50. The molecular formula is C13H22N4O. The van der Waals surface area contributed by atoms with Crippen molar-refractivity contribution in [2.75, 3.05) is 12.5 Å². The maximum atomic E-state index is 10.0. The molecule has 2 unspecified atom stereocenters. The van der Waals surface area contributed by atoms with Crippen molar-refractivity contribution in [1.29, 1.82) is 0 Å². The molecule has 1 heterocycles. The summed E-state index contributed by atoms with van der Waals surface area (Å²) in [6, 6.07) is 4.14. The fraction of sp³-hybridized carbons (Fsp3) is 0.615. The highest BCUT2D eigenvalue weighted by Gasteiger charge is 2.26. The number of aliphatic hydroxyl groups excluding tert-OH is 1. The van der Waals surface area contributed by atoms with Gasteiger partial charge in [0, 0.05) is 18.8 Å². The highest BCUT2D eigenvalue weighted by atomic mass is 16.3. The molecular weight excluding hydrogens is 228 g/mol. The van der Waals surface area contributed by atoms with Crippen LogP contribution in [0.1, 0.15) is 31.2 Å². The van der Waals surface area contributed by atoms with Gasteiger partial charge in [0.05, 0.1) is 6.10 Å². The first kappa shape index (κ1) is 13.3. The van der Waals surface area contributed by atoms with Crippen molar-refractivity contribution in [2.24, 2.45) is 5.84 Å². The minimum Gasteiger partial charge on any atom is -0.391 e. The van der Waals surface area contributed by atoms with E-state index in [1.807, 2.05) is 18.3 Å². The monoisotopic (exact) mass is 250 g/mol. The highest BCUT2D eigenvalue weighted by Crippen LogP contribution is 2.23. The number of aliphatic hydroxyl groups is 1. The standard InChI is InChI=1S/C13H22N4O/c1-17(11-4-2-3-5-12(11)18)9-10-6-7-13(16-14)15-8-10/h6-8,11-12,18H,2-5,9,14H2,1H3,(H,15,16). The summed E-state index contributed by atoms with van der Waals surface area (Å²) >= 11 is 0. The second-order valence-electron chi connectivity index (χ2n) is 5.03. The number of anilines is 1. The predicted molar refractivity (Wildman–Crippen MR) is 71.8 cm³/mol. The Morgan fingerprint density at radius 1 is 1.44 bits per heavy atom. The number of likely N-dealkylation sites (N-methyl/N-ethyl adjacent to an activating group) is 1. The smallest absolute Gasteiger partial charge is 0.139 e. The summed E-state index contributed by atoms with van der Waals surface area (Å²) in [5.41, 5.74) is 3.65. The minimum absolute atomic E-state index is 0.193. The Labute approximate surface area is 108 Å². The average Bonchev–Trinajstić information content (AvgIpc) is 2.40. The van der Waals surface area contributed by atoms with E-state index in [0.29, 0.717) is 5.82 Å². The predicted octanol–water partition coefficient (Wildman–Crippen LogP) is 1.10. The van der Waals surface area contributed by atoms with Gasteiger partial charge >= 0.3 is 0 Å². The molecule has 18 heavy (non-hydrogen) atoms. The topological polar surface area (TPSA) is 74.4 Å². The molecule has 0 radical (unpaired) electrons. The lowest BCUT2D eigenvalue weighted by Gasteiger charge is -2.35. The number of pyridine rings is 1. The summed E-state index contributed by atoms with van der Waals surface area (Å²) in [4.78, 5) is 6.41. The van der Waals surface area contributed by atoms with Gasteiger partial charge in [0.1, 0.15) is 5.82 Å². The van der Waals surface area contributed by atoms with Crippen molar-refractivity contribution in [1.82, 2.24) is 9.88 Å². The van der Waals surface area contributed by atoms with Crippen molar-refractivity contribution in [3.8, 4) is 0 Å². The van der Waals surface area contributed by atoms with Crippen LogP contribution in [0.15, 0.2) is 18.3 Å². The van der Waals surface area contributed by atoms with Gasteiger partial charge in [-0.05, 0) is 31.5 Å². The zero-order chi connectivity index (χ0) is 13.0. The van der Waals surface area contributed by atoms with Crippen LogP contribution in [0.5, 0.6) is 0 Å². The number of aromatic nitrogens is 1. The second-order valence-corrected chi connectivity index (χ2v) is 5.03. The zero-order valence-electron chi connectivity index (χ0n) is 10.8. The fourth-order valence-corrected chi connectivity index (χ4v) is 2.61. The first-order valence-corrected chi connectivity index (χ1v) is 6.50. The van der Waals surface area contributed by atoms with Gasteiger partial charge in [0.15, 0.2) is 0 Å². The number of rotatable bonds is 4. The largest absolute Gasteiger partial charge is 0.391 e. The summed E-state index contributed by atoms with van der Waals surface area (Å²) in [5, 5.41) is 10.0. The van der Waals surface area contributed by atoms with Gasteiger partial charge < -0.3 is 10.5 Å². The van der Waals surface area contributed by atoms with Gasteiger partial charge in [-0.1, -0.05) is 18.9 Å². The number of nitrogens with one attached hydrogen (secondary N) is 1. The van der Waals surface area contributed by atoms with Crippen LogP contribution in [0.25, 0.3) is 0 Å². The molecule has 0 aromatic carbocycles. The van der Waals surface area contributed by atoms with Crippen LogP contribution in [0.3, 0.4) is 0 Å². The third kappa shape index (κ3) is 3.19. The molecule has 1 aliphatic carbocycles. The molecule has 0 spiro atoms. The van der Waals surface area contributed by atoms with Crippen molar-refractivity contribution in [3.05, 3.63) is 23.9 Å². The summed E-state index contributed by atoms with van der Waals surface area (Å²) in [6.45, 7) is 0.805. The molecule has 0 bridgehead atoms. The Balaban J connectivity index is 1.94. The van der Waals surface area contributed by atoms with Gasteiger partial charge in [-0.3, -0.25) is 4.90 Å². The first-order chi connectivity index (χ1) is 8.70. The highest BCUT2D eigenvalue weighted by molar-refractivity contribution is 5.33. The lowest BCUT2D eigenvalue weighted by molar-refractivity contribution is 0.0288. The van der Waals surface area contributed by atoms with Crippen LogP contribution in [0.2, 0.25) is 0 Å². The molecule has 0 saturated heterocycles. The van der Waals surface area contributed by atoms with Gasteiger partial charge in [0.2, 0.25) is 0 Å². The Morgan fingerprint density at radius 3 is 2.83 bits per heavy atom. The number of hydrazine groups is 1. The molecule has 0 amide bonds. The third-order valence-electron chi connectivity index (χ3n) is 3.66. The molecule has 1 aromatic heterocycles. The van der Waals surface area contributed by atoms with Crippen LogP contribution in [-0.2, 0) is 6.54 Å². The van der Waals surface area contributed by atoms with E-state index in [9.17, 15) is 5.11 Å². The van der Waals surface area contributed by atoms with E-state index in [1.165, 1.54) is 6.42 Å². The van der Waals surface area contributed by atoms with E-state index in [4.69, 9.17) is 5.84 Å². The molecule has 100 valence electrons. The van der Waals surface area contributed by atoms with Gasteiger partial charge in [-0.15, -0.1) is 0 Å². The molecule has 1 aromatic rings. The number of hydrogen-bond acceptors (Lipinski definition) is 5. The lowest BCUT2D eigenvalue weighted by Crippen LogP contribution is -2.42. The molecule has 2 atom stereocenters. The quantitative estimate of drug-likeness (QED) is 0.551. The van der Waals surface area contributed by atoms with E-state index in [0.717, 1.165) is 31.4 Å². The normalized spacial score (nSPS) is 24.2. The average molecular weight is 250 g/mol. The van der Waals surface area contributed by atoms with Crippen LogP contribution in [-0.4, -0.2) is 34.2 Å². The van der Waals surface area contributed by atoms with E-state index in [1.54, 1.807) is 0 Å². The third-order valence-corrected chi connectivity index (χ3v) is 3.66. The van der Waals surface area contributed by atoms with E-state index in [2.05, 4.69) is 22.4 Å². The zero-order valence-corrected chi connectivity index (χ0v) is 10.8. The Bertz CT molecular complexity index is 368. The molecule has 2 rings (SSSR count). The van der Waals surface area contributed by atoms with Crippen molar-refractivity contribution in [3.63, 3.8) is 0 Å². The minimum atomic E-state index is -0.193. The summed E-state index contributed by atoms with van der Waals surface area (Å²) < 4.78 is 0. The van der Waals surface area contributed by atoms with Crippen LogP contribution < -0.4 is 11.3 Å². The number of nitrogen functional groups attached to an aromatic ring is 1. The number of nitrogens with two attached hydrogens (primary N) is 1. The van der Waals surface area contributed by atoms with Crippen molar-refractivity contribution in [2.45, 2.75) is 44.4 Å². The Kier molecular flexibility index (Phi) is 4.52. The molecule has 5 heteroatoms. The van der Waals surface area contributed by atoms with Crippen LogP contribution >= 0.6 is 0 Å². The summed E-state index contributed by atoms with van der Waals surface area (Å²) in [7, 11) is 2.06. The molecule has 4 N–H and O–H groups in total. The molecule has 1 saturated carbocycles. The van der Waals surface area contributed by atoms with Crippen molar-refractivity contribution >= 4 is 5.82 Å². The molecule has 1 fully saturated rings. The van der Waals surface area contributed by atoms with E-state index in [-0.39, 0.29) is 12.1 Å². The fourth-order valence-electron chi connectivity index (χ4n) is 2.61. The maximum Gasteiger partial charge on any atom is 0.139 e. The van der Waals surface area contributed by atoms with Crippen LogP contribution in [0, 0.1) is 0 Å². The van der Waals surface area contributed by atoms with E-state index >= 15 is 0 Å². The molecule has 1 aliphatic rings. The second kappa shape index (κ2) is 6.13. The van der Waals surface area contributed by atoms with Gasteiger partial charge in [0.25, 0.3) is 0 Å². The SMILES string of the molecule is CN(Cc1ccc(NN)nc1)C1CCCCC1O. The summed E-state index contributed by atoms with van der Waals surface area (Å²) in [6.07, 6.45) is 5.98. The molecule has 0 aliphatic heterocycles. The van der Waals surface area contributed by atoms with Gasteiger partial charge in [-0.25, -0.2) is 10.8 Å². The maximum absolute atomic E-state index is 10.0. The lowest BCUT2D eigenvalue weighted by atomic mass is 9.91. The Hall–Kier alpha value is -1.17. The van der Waals surface area contributed by atoms with Gasteiger partial charge in [-0.2, -0.15) is 0 Å². The number of hydrogen-bond donors (Lipinski definition) is 3. The summed E-state index contributed by atoms with van der Waals surface area (Å²) in [5.74, 6) is 5.95. The van der Waals surface area contributed by atoms with Crippen molar-refractivity contribution < 1.29 is 5.11 Å². The Morgan fingerprint density at radius 2 is 2.22 bits per heavy atom. The van der Waals surface area contributed by atoms with E-state index < -0.39 is 0 Å². The molecule has 5 nitrogen and oxygen atoms in total. The van der Waals surface area contributed by atoms with Crippen LogP contribution in [0.4, 0.5) is 5.82 Å².